The number of aryl methyl sites for hydroxylation is 1. The highest BCUT2D eigenvalue weighted by molar-refractivity contribution is 5.10. The molecule has 0 unspecified atom stereocenters. The van der Waals surface area contributed by atoms with Crippen LogP contribution < -0.4 is 0 Å². The summed E-state index contributed by atoms with van der Waals surface area (Å²) in [6.07, 6.45) is 8.00. The van der Waals surface area contributed by atoms with Gasteiger partial charge in [-0.2, -0.15) is 5.10 Å². The molecule has 0 amide bonds. The molecule has 142 valence electrons. The maximum absolute atomic E-state index is 5.73. The van der Waals surface area contributed by atoms with Gasteiger partial charge >= 0.3 is 0 Å². The average molecular weight is 367 g/mol. The van der Waals surface area contributed by atoms with Gasteiger partial charge in [0.15, 0.2) is 5.82 Å². The third-order valence-electron chi connectivity index (χ3n) is 5.60. The zero-order valence-electron chi connectivity index (χ0n) is 15.7. The standard InChI is InChI=1S/C19H25N7O/c1-14-2-5-17(27-14)10-24-8-6-15(7-9-24)19-23-22-18(26(19)16-3-4-16)11-25-13-20-12-21-25/h2,5,12-13,15-16H,3-4,6-11H2,1H3. The molecule has 2 fully saturated rings. The largest absolute Gasteiger partial charge is 0.465 e. The number of rotatable bonds is 6. The van der Waals surface area contributed by atoms with Gasteiger partial charge in [-0.3, -0.25) is 4.90 Å². The molecule has 0 aromatic carbocycles. The number of aromatic nitrogens is 6. The van der Waals surface area contributed by atoms with Crippen molar-refractivity contribution in [3.8, 4) is 0 Å². The van der Waals surface area contributed by atoms with Crippen molar-refractivity contribution >= 4 is 0 Å². The van der Waals surface area contributed by atoms with Crippen molar-refractivity contribution in [1.29, 1.82) is 0 Å². The Hall–Kier alpha value is -2.48. The van der Waals surface area contributed by atoms with Gasteiger partial charge in [-0.05, 0) is 57.8 Å². The van der Waals surface area contributed by atoms with Gasteiger partial charge < -0.3 is 8.98 Å². The van der Waals surface area contributed by atoms with Gasteiger partial charge in [0.05, 0.1) is 6.54 Å². The zero-order valence-corrected chi connectivity index (χ0v) is 15.7. The summed E-state index contributed by atoms with van der Waals surface area (Å²) in [7, 11) is 0. The van der Waals surface area contributed by atoms with Crippen molar-refractivity contribution in [1.82, 2.24) is 34.4 Å². The van der Waals surface area contributed by atoms with Crippen LogP contribution in [0.1, 0.15) is 60.8 Å². The second-order valence-corrected chi connectivity index (χ2v) is 7.73. The summed E-state index contributed by atoms with van der Waals surface area (Å²) in [5.74, 6) is 4.70. The lowest BCUT2D eigenvalue weighted by Crippen LogP contribution is -2.33. The Morgan fingerprint density at radius 3 is 2.59 bits per heavy atom. The predicted octanol–water partition coefficient (Wildman–Crippen LogP) is 2.53. The summed E-state index contributed by atoms with van der Waals surface area (Å²) in [4.78, 5) is 6.51. The quantitative estimate of drug-likeness (QED) is 0.666. The van der Waals surface area contributed by atoms with E-state index in [1.54, 1.807) is 12.7 Å². The number of furan rings is 1. The molecule has 1 saturated carbocycles. The molecule has 0 bridgehead atoms. The molecular formula is C19H25N7O. The van der Waals surface area contributed by atoms with Crippen LogP contribution in [0.15, 0.2) is 29.2 Å². The summed E-state index contributed by atoms with van der Waals surface area (Å²) in [5.41, 5.74) is 0. The summed E-state index contributed by atoms with van der Waals surface area (Å²) in [6, 6.07) is 4.69. The van der Waals surface area contributed by atoms with Crippen LogP contribution in [0.5, 0.6) is 0 Å². The molecule has 1 aliphatic heterocycles. The highest BCUT2D eigenvalue weighted by atomic mass is 16.3. The average Bonchev–Trinajstić information content (AvgIpc) is 3.05. The van der Waals surface area contributed by atoms with Crippen LogP contribution in [0.2, 0.25) is 0 Å². The summed E-state index contributed by atoms with van der Waals surface area (Å²) >= 11 is 0. The van der Waals surface area contributed by atoms with Crippen LogP contribution in [0, 0.1) is 6.92 Å². The normalized spacial score (nSPS) is 19.0. The molecule has 8 nitrogen and oxygen atoms in total. The van der Waals surface area contributed by atoms with Gasteiger partial charge in [-0.25, -0.2) is 9.67 Å². The number of nitrogens with zero attached hydrogens (tertiary/aromatic N) is 7. The fourth-order valence-electron chi connectivity index (χ4n) is 4.05. The first-order valence-electron chi connectivity index (χ1n) is 9.80. The van der Waals surface area contributed by atoms with Crippen LogP contribution >= 0.6 is 0 Å². The first-order chi connectivity index (χ1) is 13.3. The molecule has 3 aromatic heterocycles. The minimum Gasteiger partial charge on any atom is -0.465 e. The van der Waals surface area contributed by atoms with Crippen LogP contribution in [0.25, 0.3) is 0 Å². The molecule has 1 aliphatic carbocycles. The molecule has 0 atom stereocenters. The van der Waals surface area contributed by atoms with Crippen molar-refractivity contribution in [2.24, 2.45) is 0 Å². The van der Waals surface area contributed by atoms with Crippen molar-refractivity contribution < 1.29 is 4.42 Å². The molecule has 4 heterocycles. The minimum atomic E-state index is 0.484. The molecule has 0 N–H and O–H groups in total. The van der Waals surface area contributed by atoms with Gasteiger partial charge in [0, 0.05) is 12.0 Å². The van der Waals surface area contributed by atoms with E-state index in [0.29, 0.717) is 18.5 Å². The first-order valence-corrected chi connectivity index (χ1v) is 9.80. The minimum absolute atomic E-state index is 0.484. The molecule has 1 saturated heterocycles. The van der Waals surface area contributed by atoms with E-state index in [1.807, 2.05) is 17.7 Å². The Morgan fingerprint density at radius 2 is 1.93 bits per heavy atom. The molecular weight excluding hydrogens is 342 g/mol. The molecule has 0 spiro atoms. The van der Waals surface area contributed by atoms with Crippen LogP contribution in [-0.2, 0) is 13.1 Å². The van der Waals surface area contributed by atoms with Gasteiger partial charge in [0.1, 0.15) is 36.5 Å². The third kappa shape index (κ3) is 3.53. The lowest BCUT2D eigenvalue weighted by atomic mass is 9.95. The van der Waals surface area contributed by atoms with Gasteiger partial charge in [-0.15, -0.1) is 10.2 Å². The Labute approximate surface area is 158 Å². The van der Waals surface area contributed by atoms with Gasteiger partial charge in [-0.1, -0.05) is 0 Å². The second-order valence-electron chi connectivity index (χ2n) is 7.73. The van der Waals surface area contributed by atoms with E-state index in [-0.39, 0.29) is 0 Å². The summed E-state index contributed by atoms with van der Waals surface area (Å²) in [5, 5.41) is 13.3. The van der Waals surface area contributed by atoms with Crippen molar-refractivity contribution in [2.75, 3.05) is 13.1 Å². The van der Waals surface area contributed by atoms with Gasteiger partial charge in [0.2, 0.25) is 0 Å². The SMILES string of the molecule is Cc1ccc(CN2CCC(c3nnc(Cn4cncn4)n3C3CC3)CC2)o1. The summed E-state index contributed by atoms with van der Waals surface area (Å²) < 4.78 is 9.94. The Kier molecular flexibility index (Phi) is 4.27. The van der Waals surface area contributed by atoms with Crippen molar-refractivity contribution in [2.45, 2.75) is 57.7 Å². The lowest BCUT2D eigenvalue weighted by Gasteiger charge is -2.31. The molecule has 0 radical (unpaired) electrons. The highest BCUT2D eigenvalue weighted by Crippen LogP contribution is 2.40. The Bertz CT molecular complexity index is 885. The van der Waals surface area contributed by atoms with Crippen molar-refractivity contribution in [3.63, 3.8) is 0 Å². The number of piperidine rings is 1. The fourth-order valence-corrected chi connectivity index (χ4v) is 4.05. The van der Waals surface area contributed by atoms with E-state index >= 15 is 0 Å². The van der Waals surface area contributed by atoms with E-state index in [0.717, 1.165) is 49.8 Å². The highest BCUT2D eigenvalue weighted by Gasteiger charge is 2.33. The number of hydrogen-bond acceptors (Lipinski definition) is 6. The Balaban J connectivity index is 1.27. The summed E-state index contributed by atoms with van der Waals surface area (Å²) in [6.45, 7) is 5.67. The van der Waals surface area contributed by atoms with E-state index in [2.05, 4.69) is 35.8 Å². The lowest BCUT2D eigenvalue weighted by molar-refractivity contribution is 0.186. The van der Waals surface area contributed by atoms with Crippen LogP contribution in [0.4, 0.5) is 0 Å². The molecule has 27 heavy (non-hydrogen) atoms. The zero-order chi connectivity index (χ0) is 18.2. The van der Waals surface area contributed by atoms with Crippen LogP contribution in [0.3, 0.4) is 0 Å². The number of likely N-dealkylation sites (tertiary alicyclic amines) is 1. The maximum atomic E-state index is 5.73. The van der Waals surface area contributed by atoms with E-state index in [1.165, 1.54) is 18.7 Å². The Morgan fingerprint density at radius 1 is 1.07 bits per heavy atom. The van der Waals surface area contributed by atoms with Crippen LogP contribution in [-0.4, -0.2) is 47.5 Å². The molecule has 8 heteroatoms. The van der Waals surface area contributed by atoms with Crippen molar-refractivity contribution in [3.05, 3.63) is 48.0 Å². The second kappa shape index (κ2) is 6.92. The molecule has 2 aliphatic rings. The predicted molar refractivity (Wildman–Crippen MR) is 98.1 cm³/mol. The third-order valence-corrected chi connectivity index (χ3v) is 5.60. The first kappa shape index (κ1) is 16.7. The fraction of sp³-hybridized carbons (Fsp3) is 0.579. The maximum Gasteiger partial charge on any atom is 0.155 e. The topological polar surface area (TPSA) is 77.8 Å². The monoisotopic (exact) mass is 367 g/mol. The van der Waals surface area contributed by atoms with E-state index < -0.39 is 0 Å². The van der Waals surface area contributed by atoms with E-state index in [4.69, 9.17) is 4.42 Å². The molecule has 3 aromatic rings. The smallest absolute Gasteiger partial charge is 0.155 e. The van der Waals surface area contributed by atoms with E-state index in [9.17, 15) is 0 Å². The molecule has 5 rings (SSSR count). The van der Waals surface area contributed by atoms with Gasteiger partial charge in [0.25, 0.3) is 0 Å². The number of hydrogen-bond donors (Lipinski definition) is 0.